The molecule has 0 bridgehead atoms. The van der Waals surface area contributed by atoms with Crippen LogP contribution in [0.3, 0.4) is 0 Å². The van der Waals surface area contributed by atoms with Crippen molar-refractivity contribution in [3.63, 3.8) is 0 Å². The SMILES string of the molecule is O=C(C1CCC(Cn2cnc3cc(F)ccc32)CC1)N1OCC[C@H]1c1cnccn1. The van der Waals surface area contributed by atoms with Crippen LogP contribution in [0.4, 0.5) is 4.39 Å². The van der Waals surface area contributed by atoms with Crippen molar-refractivity contribution in [3.8, 4) is 0 Å². The molecule has 3 heterocycles. The van der Waals surface area contributed by atoms with Crippen molar-refractivity contribution in [2.75, 3.05) is 6.61 Å². The number of carbonyl (C=O) groups is 1. The summed E-state index contributed by atoms with van der Waals surface area (Å²) in [4.78, 5) is 31.6. The Morgan fingerprint density at radius 1 is 1.13 bits per heavy atom. The number of rotatable bonds is 4. The summed E-state index contributed by atoms with van der Waals surface area (Å²) in [5.74, 6) is 0.250. The van der Waals surface area contributed by atoms with E-state index in [0.717, 1.165) is 49.9 Å². The van der Waals surface area contributed by atoms with Crippen LogP contribution in [-0.4, -0.2) is 37.1 Å². The van der Waals surface area contributed by atoms with Gasteiger partial charge in [-0.1, -0.05) is 0 Å². The first-order valence-corrected chi connectivity index (χ1v) is 10.5. The van der Waals surface area contributed by atoms with Crippen molar-refractivity contribution in [2.24, 2.45) is 11.8 Å². The zero-order valence-corrected chi connectivity index (χ0v) is 16.7. The van der Waals surface area contributed by atoms with Gasteiger partial charge in [0.1, 0.15) is 11.9 Å². The summed E-state index contributed by atoms with van der Waals surface area (Å²) in [5.41, 5.74) is 2.41. The van der Waals surface area contributed by atoms with Crippen LogP contribution in [0, 0.1) is 17.7 Å². The van der Waals surface area contributed by atoms with Gasteiger partial charge in [-0.2, -0.15) is 0 Å². The second kappa shape index (κ2) is 8.10. The van der Waals surface area contributed by atoms with Crippen LogP contribution in [0.15, 0.2) is 43.1 Å². The molecule has 2 fully saturated rings. The van der Waals surface area contributed by atoms with E-state index in [4.69, 9.17) is 4.84 Å². The third-order valence-electron chi connectivity index (χ3n) is 6.28. The van der Waals surface area contributed by atoms with Crippen LogP contribution in [0.25, 0.3) is 11.0 Å². The van der Waals surface area contributed by atoms with Gasteiger partial charge in [0.2, 0.25) is 5.91 Å². The maximum atomic E-state index is 13.4. The van der Waals surface area contributed by atoms with Crippen LogP contribution in [-0.2, 0) is 16.2 Å². The van der Waals surface area contributed by atoms with E-state index in [1.165, 1.54) is 17.2 Å². The van der Waals surface area contributed by atoms with Gasteiger partial charge in [0.15, 0.2) is 0 Å². The molecule has 5 rings (SSSR count). The molecule has 1 saturated heterocycles. The average molecular weight is 409 g/mol. The molecule has 1 aromatic carbocycles. The number of hydrogen-bond donors (Lipinski definition) is 0. The Morgan fingerprint density at radius 3 is 2.80 bits per heavy atom. The van der Waals surface area contributed by atoms with E-state index in [2.05, 4.69) is 19.5 Å². The third kappa shape index (κ3) is 3.67. The molecule has 1 saturated carbocycles. The molecule has 8 heteroatoms. The lowest BCUT2D eigenvalue weighted by Crippen LogP contribution is -2.37. The Labute approximate surface area is 173 Å². The summed E-state index contributed by atoms with van der Waals surface area (Å²) in [5, 5.41) is 1.53. The van der Waals surface area contributed by atoms with Crippen LogP contribution < -0.4 is 0 Å². The maximum absolute atomic E-state index is 13.4. The Hall–Kier alpha value is -2.87. The van der Waals surface area contributed by atoms with E-state index in [1.54, 1.807) is 31.0 Å². The third-order valence-corrected chi connectivity index (χ3v) is 6.28. The van der Waals surface area contributed by atoms with E-state index < -0.39 is 0 Å². The van der Waals surface area contributed by atoms with Crippen molar-refractivity contribution >= 4 is 16.9 Å². The van der Waals surface area contributed by atoms with Crippen molar-refractivity contribution in [1.29, 1.82) is 0 Å². The maximum Gasteiger partial charge on any atom is 0.249 e. The summed E-state index contributed by atoms with van der Waals surface area (Å²) in [6.45, 7) is 1.36. The van der Waals surface area contributed by atoms with E-state index in [1.807, 2.05) is 0 Å². The van der Waals surface area contributed by atoms with Gasteiger partial charge in [-0.3, -0.25) is 19.6 Å². The highest BCUT2D eigenvalue weighted by Gasteiger charge is 2.38. The number of benzene rings is 1. The monoisotopic (exact) mass is 409 g/mol. The van der Waals surface area contributed by atoms with E-state index in [0.29, 0.717) is 18.0 Å². The van der Waals surface area contributed by atoms with Gasteiger partial charge < -0.3 is 4.57 Å². The predicted molar refractivity (Wildman–Crippen MR) is 107 cm³/mol. The van der Waals surface area contributed by atoms with Crippen LogP contribution in [0.1, 0.15) is 43.8 Å². The molecule has 1 aliphatic carbocycles. The van der Waals surface area contributed by atoms with Gasteiger partial charge in [0.05, 0.1) is 35.9 Å². The molecule has 1 amide bonds. The summed E-state index contributed by atoms with van der Waals surface area (Å²) < 4.78 is 15.5. The number of hydrogen-bond acceptors (Lipinski definition) is 5. The van der Waals surface area contributed by atoms with E-state index in [-0.39, 0.29) is 23.7 Å². The lowest BCUT2D eigenvalue weighted by atomic mass is 9.81. The van der Waals surface area contributed by atoms with Crippen LogP contribution in [0.2, 0.25) is 0 Å². The molecular weight excluding hydrogens is 385 g/mol. The first-order chi connectivity index (χ1) is 14.7. The van der Waals surface area contributed by atoms with Crippen molar-refractivity contribution in [1.82, 2.24) is 24.6 Å². The van der Waals surface area contributed by atoms with Gasteiger partial charge >= 0.3 is 0 Å². The molecule has 0 unspecified atom stereocenters. The first-order valence-electron chi connectivity index (χ1n) is 10.5. The van der Waals surface area contributed by atoms with Gasteiger partial charge in [-0.25, -0.2) is 14.4 Å². The summed E-state index contributed by atoms with van der Waals surface area (Å²) >= 11 is 0. The summed E-state index contributed by atoms with van der Waals surface area (Å²) in [6.07, 6.45) is 11.1. The lowest BCUT2D eigenvalue weighted by molar-refractivity contribution is -0.183. The molecule has 0 spiro atoms. The smallest absolute Gasteiger partial charge is 0.249 e. The number of carbonyl (C=O) groups excluding carboxylic acids is 1. The number of imidazole rings is 1. The number of aromatic nitrogens is 4. The fourth-order valence-electron chi connectivity index (χ4n) is 4.67. The minimum absolute atomic E-state index is 0.0212. The van der Waals surface area contributed by atoms with Crippen LogP contribution in [0.5, 0.6) is 0 Å². The van der Waals surface area contributed by atoms with E-state index in [9.17, 15) is 9.18 Å². The second-order valence-electron chi connectivity index (χ2n) is 8.18. The molecular formula is C22H24FN5O2. The normalized spacial score (nSPS) is 24.4. The molecule has 30 heavy (non-hydrogen) atoms. The lowest BCUT2D eigenvalue weighted by Gasteiger charge is -2.31. The number of hydroxylamine groups is 2. The molecule has 2 aromatic heterocycles. The molecule has 0 N–H and O–H groups in total. The number of halogens is 1. The van der Waals surface area contributed by atoms with Gasteiger partial charge in [-0.05, 0) is 43.7 Å². The zero-order valence-electron chi connectivity index (χ0n) is 16.7. The quantitative estimate of drug-likeness (QED) is 0.657. The standard InChI is InChI=1S/C22H24FN5O2/c23-17-5-6-20-18(11-17)26-14-27(20)13-15-1-3-16(4-2-15)22(29)28-21(7-10-30-28)19-12-24-8-9-25-19/h5-6,8-9,11-12,14-16,21H,1-4,7,10,13H2/t15?,16?,21-/m0/s1. The number of nitrogens with zero attached hydrogens (tertiary/aromatic N) is 5. The van der Waals surface area contributed by atoms with Gasteiger partial charge in [0.25, 0.3) is 0 Å². The minimum Gasteiger partial charge on any atom is -0.330 e. The van der Waals surface area contributed by atoms with Crippen LogP contribution >= 0.6 is 0 Å². The number of fused-ring (bicyclic) bond motifs is 1. The molecule has 2 aliphatic rings. The highest BCUT2D eigenvalue weighted by Crippen LogP contribution is 2.36. The predicted octanol–water partition coefficient (Wildman–Crippen LogP) is 3.68. The average Bonchev–Trinajstić information content (AvgIpc) is 3.42. The van der Waals surface area contributed by atoms with Gasteiger partial charge in [0, 0.05) is 37.3 Å². The molecule has 0 radical (unpaired) electrons. The number of amides is 1. The molecule has 7 nitrogen and oxygen atoms in total. The summed E-state index contributed by atoms with van der Waals surface area (Å²) in [7, 11) is 0. The van der Waals surface area contributed by atoms with Crippen molar-refractivity contribution < 1.29 is 14.0 Å². The van der Waals surface area contributed by atoms with Crippen molar-refractivity contribution in [2.45, 2.75) is 44.7 Å². The van der Waals surface area contributed by atoms with E-state index >= 15 is 0 Å². The second-order valence-corrected chi connectivity index (χ2v) is 8.18. The molecule has 3 aromatic rings. The molecule has 156 valence electrons. The largest absolute Gasteiger partial charge is 0.330 e. The Balaban J connectivity index is 1.21. The van der Waals surface area contributed by atoms with Gasteiger partial charge in [-0.15, -0.1) is 0 Å². The Morgan fingerprint density at radius 2 is 2.00 bits per heavy atom. The highest BCUT2D eigenvalue weighted by atomic mass is 19.1. The fourth-order valence-corrected chi connectivity index (χ4v) is 4.67. The minimum atomic E-state index is -0.268. The summed E-state index contributed by atoms with van der Waals surface area (Å²) in [6, 6.07) is 4.57. The Kier molecular flexibility index (Phi) is 5.16. The topological polar surface area (TPSA) is 73.1 Å². The Bertz CT molecular complexity index is 1030. The zero-order chi connectivity index (χ0) is 20.5. The highest BCUT2D eigenvalue weighted by molar-refractivity contribution is 5.78. The first kappa shape index (κ1) is 19.1. The molecule has 1 aliphatic heterocycles. The van der Waals surface area contributed by atoms with Crippen molar-refractivity contribution in [3.05, 3.63) is 54.6 Å². The fraction of sp³-hybridized carbons (Fsp3) is 0.455. The molecule has 1 atom stereocenters.